The number of methoxy groups -OCH3 is 1. The molecule has 1 fully saturated rings. The minimum absolute atomic E-state index is 0.200. The number of hydrogen-bond donors (Lipinski definition) is 1. The average Bonchev–Trinajstić information content (AvgIpc) is 2.48. The number of ether oxygens (including phenoxy) is 1. The summed E-state index contributed by atoms with van der Waals surface area (Å²) in [5, 5.41) is 3.50. The normalized spacial score (nSPS) is 16.3. The molecular weight excluding hydrogens is 238 g/mol. The highest BCUT2D eigenvalue weighted by Gasteiger charge is 2.13. The molecule has 3 nitrogen and oxygen atoms in total. The standard InChI is InChI=1S/C16H23NO2/c1-19-15-9-7-13(8-10-15)16(18)11-12-17-14-5-3-2-4-6-14/h7-10,14,17H,2-6,11-12H2,1H3. The van der Waals surface area contributed by atoms with E-state index in [1.54, 1.807) is 7.11 Å². The van der Waals surface area contributed by atoms with E-state index in [9.17, 15) is 4.79 Å². The maximum atomic E-state index is 12.0. The maximum Gasteiger partial charge on any atom is 0.164 e. The lowest BCUT2D eigenvalue weighted by atomic mass is 9.95. The molecule has 0 saturated heterocycles. The maximum absolute atomic E-state index is 12.0. The summed E-state index contributed by atoms with van der Waals surface area (Å²) < 4.78 is 5.09. The molecule has 1 aliphatic rings. The van der Waals surface area contributed by atoms with Crippen LogP contribution in [0, 0.1) is 0 Å². The molecule has 0 radical (unpaired) electrons. The van der Waals surface area contributed by atoms with Crippen molar-refractivity contribution >= 4 is 5.78 Å². The van der Waals surface area contributed by atoms with Crippen molar-refractivity contribution in [1.29, 1.82) is 0 Å². The van der Waals surface area contributed by atoms with Gasteiger partial charge in [0.1, 0.15) is 5.75 Å². The number of benzene rings is 1. The summed E-state index contributed by atoms with van der Waals surface area (Å²) in [6, 6.07) is 7.96. The Morgan fingerprint density at radius 2 is 1.89 bits per heavy atom. The van der Waals surface area contributed by atoms with E-state index >= 15 is 0 Å². The highest BCUT2D eigenvalue weighted by molar-refractivity contribution is 5.96. The predicted molar refractivity (Wildman–Crippen MR) is 76.8 cm³/mol. The summed E-state index contributed by atoms with van der Waals surface area (Å²) in [5.41, 5.74) is 0.770. The number of hydrogen-bond acceptors (Lipinski definition) is 3. The highest BCUT2D eigenvalue weighted by Crippen LogP contribution is 2.17. The van der Waals surface area contributed by atoms with Gasteiger partial charge in [0.15, 0.2) is 5.78 Å². The molecule has 0 bridgehead atoms. The predicted octanol–water partition coefficient (Wildman–Crippen LogP) is 3.19. The van der Waals surface area contributed by atoms with Gasteiger partial charge in [-0.2, -0.15) is 0 Å². The number of Topliss-reactive ketones (excluding diaryl/α,β-unsaturated/α-hetero) is 1. The van der Waals surface area contributed by atoms with Crippen molar-refractivity contribution in [3.05, 3.63) is 29.8 Å². The second-order valence-corrected chi connectivity index (χ2v) is 5.19. The van der Waals surface area contributed by atoms with Crippen LogP contribution in [0.25, 0.3) is 0 Å². The molecule has 19 heavy (non-hydrogen) atoms. The van der Waals surface area contributed by atoms with E-state index < -0.39 is 0 Å². The van der Waals surface area contributed by atoms with E-state index in [4.69, 9.17) is 4.74 Å². The van der Waals surface area contributed by atoms with E-state index in [1.165, 1.54) is 32.1 Å². The van der Waals surface area contributed by atoms with Crippen LogP contribution in [0.1, 0.15) is 48.9 Å². The summed E-state index contributed by atoms with van der Waals surface area (Å²) in [6.45, 7) is 0.787. The highest BCUT2D eigenvalue weighted by atomic mass is 16.5. The van der Waals surface area contributed by atoms with Crippen LogP contribution in [0.5, 0.6) is 5.75 Å². The topological polar surface area (TPSA) is 38.3 Å². The zero-order valence-electron chi connectivity index (χ0n) is 11.7. The largest absolute Gasteiger partial charge is 0.497 e. The molecule has 0 amide bonds. The smallest absolute Gasteiger partial charge is 0.164 e. The first kappa shape index (κ1) is 14.1. The Kier molecular flexibility index (Phi) is 5.40. The minimum Gasteiger partial charge on any atom is -0.497 e. The van der Waals surface area contributed by atoms with Crippen molar-refractivity contribution in [2.24, 2.45) is 0 Å². The van der Waals surface area contributed by atoms with Crippen LogP contribution in [-0.2, 0) is 0 Å². The Hall–Kier alpha value is -1.35. The summed E-state index contributed by atoms with van der Waals surface area (Å²) in [4.78, 5) is 12.0. The third-order valence-electron chi connectivity index (χ3n) is 3.80. The van der Waals surface area contributed by atoms with Gasteiger partial charge in [0.2, 0.25) is 0 Å². The molecule has 1 saturated carbocycles. The number of nitrogens with one attached hydrogen (secondary N) is 1. The molecule has 104 valence electrons. The average molecular weight is 261 g/mol. The van der Waals surface area contributed by atoms with Crippen molar-refractivity contribution < 1.29 is 9.53 Å². The van der Waals surface area contributed by atoms with Gasteiger partial charge >= 0.3 is 0 Å². The van der Waals surface area contributed by atoms with Gasteiger partial charge in [-0.1, -0.05) is 19.3 Å². The number of carbonyl (C=O) groups is 1. The van der Waals surface area contributed by atoms with Gasteiger partial charge in [0.05, 0.1) is 7.11 Å². The van der Waals surface area contributed by atoms with Crippen LogP contribution in [0.15, 0.2) is 24.3 Å². The van der Waals surface area contributed by atoms with Gasteiger partial charge in [-0.3, -0.25) is 4.79 Å². The first-order valence-electron chi connectivity index (χ1n) is 7.20. The third kappa shape index (κ3) is 4.35. The van der Waals surface area contributed by atoms with Gasteiger partial charge in [-0.15, -0.1) is 0 Å². The molecule has 2 rings (SSSR count). The van der Waals surface area contributed by atoms with Crippen LogP contribution in [0.4, 0.5) is 0 Å². The van der Waals surface area contributed by atoms with Gasteiger partial charge in [-0.05, 0) is 37.1 Å². The molecule has 3 heteroatoms. The van der Waals surface area contributed by atoms with Crippen molar-refractivity contribution in [3.8, 4) is 5.75 Å². The summed E-state index contributed by atoms with van der Waals surface area (Å²) >= 11 is 0. The number of rotatable bonds is 6. The molecule has 0 atom stereocenters. The molecule has 1 aromatic carbocycles. The minimum atomic E-state index is 0.200. The van der Waals surface area contributed by atoms with E-state index in [2.05, 4.69) is 5.32 Å². The Morgan fingerprint density at radius 1 is 1.21 bits per heavy atom. The van der Waals surface area contributed by atoms with Crippen LogP contribution in [0.2, 0.25) is 0 Å². The number of ketones is 1. The fraction of sp³-hybridized carbons (Fsp3) is 0.562. The van der Waals surface area contributed by atoms with Crippen LogP contribution in [0.3, 0.4) is 0 Å². The van der Waals surface area contributed by atoms with Gasteiger partial charge in [0.25, 0.3) is 0 Å². The van der Waals surface area contributed by atoms with Gasteiger partial charge < -0.3 is 10.1 Å². The Morgan fingerprint density at radius 3 is 2.53 bits per heavy atom. The fourth-order valence-corrected chi connectivity index (χ4v) is 2.62. The van der Waals surface area contributed by atoms with Crippen molar-refractivity contribution in [2.45, 2.75) is 44.6 Å². The monoisotopic (exact) mass is 261 g/mol. The molecule has 1 aromatic rings. The zero-order chi connectivity index (χ0) is 13.5. The summed E-state index contributed by atoms with van der Waals surface area (Å²) in [5.74, 6) is 0.989. The van der Waals surface area contributed by atoms with Crippen LogP contribution >= 0.6 is 0 Å². The lowest BCUT2D eigenvalue weighted by Crippen LogP contribution is -2.32. The van der Waals surface area contributed by atoms with Crippen molar-refractivity contribution in [2.75, 3.05) is 13.7 Å². The zero-order valence-corrected chi connectivity index (χ0v) is 11.7. The van der Waals surface area contributed by atoms with E-state index in [0.29, 0.717) is 12.5 Å². The lowest BCUT2D eigenvalue weighted by molar-refractivity contribution is 0.0981. The second kappa shape index (κ2) is 7.29. The van der Waals surface area contributed by atoms with Crippen molar-refractivity contribution in [1.82, 2.24) is 5.32 Å². The van der Waals surface area contributed by atoms with E-state index in [1.807, 2.05) is 24.3 Å². The quantitative estimate of drug-likeness (QED) is 0.799. The van der Waals surface area contributed by atoms with Crippen LogP contribution in [-0.4, -0.2) is 25.5 Å². The molecule has 0 aliphatic heterocycles. The molecule has 1 N–H and O–H groups in total. The Labute approximate surface area is 115 Å². The first-order valence-corrected chi connectivity index (χ1v) is 7.20. The molecule has 0 spiro atoms. The lowest BCUT2D eigenvalue weighted by Gasteiger charge is -2.22. The Bertz CT molecular complexity index is 394. The first-order chi connectivity index (χ1) is 9.29. The van der Waals surface area contributed by atoms with E-state index in [-0.39, 0.29) is 5.78 Å². The van der Waals surface area contributed by atoms with Gasteiger partial charge in [0, 0.05) is 24.6 Å². The van der Waals surface area contributed by atoms with Crippen molar-refractivity contribution in [3.63, 3.8) is 0 Å². The molecular formula is C16H23NO2. The second-order valence-electron chi connectivity index (χ2n) is 5.19. The van der Waals surface area contributed by atoms with E-state index in [0.717, 1.165) is 17.9 Å². The summed E-state index contributed by atoms with van der Waals surface area (Å²) in [6.07, 6.45) is 7.10. The molecule has 0 heterocycles. The summed E-state index contributed by atoms with van der Waals surface area (Å²) in [7, 11) is 1.63. The number of carbonyl (C=O) groups excluding carboxylic acids is 1. The molecule has 1 aliphatic carbocycles. The third-order valence-corrected chi connectivity index (χ3v) is 3.80. The molecule has 0 aromatic heterocycles. The fourth-order valence-electron chi connectivity index (χ4n) is 2.62. The SMILES string of the molecule is COc1ccc(C(=O)CCNC2CCCCC2)cc1. The Balaban J connectivity index is 1.73. The van der Waals surface area contributed by atoms with Gasteiger partial charge in [-0.25, -0.2) is 0 Å². The molecule has 0 unspecified atom stereocenters. The van der Waals surface area contributed by atoms with Crippen LogP contribution < -0.4 is 10.1 Å².